The Morgan fingerprint density at radius 2 is 1.73 bits per heavy atom. The molecule has 0 bridgehead atoms. The van der Waals surface area contributed by atoms with Gasteiger partial charge in [-0.1, -0.05) is 12.1 Å². The van der Waals surface area contributed by atoms with Gasteiger partial charge in [0.1, 0.15) is 23.2 Å². The zero-order valence-corrected chi connectivity index (χ0v) is 16.2. The van der Waals surface area contributed by atoms with Crippen molar-refractivity contribution in [2.75, 3.05) is 5.32 Å². The number of aryl methyl sites for hydroxylation is 1. The molecule has 0 saturated heterocycles. The van der Waals surface area contributed by atoms with Gasteiger partial charge in [0.25, 0.3) is 0 Å². The van der Waals surface area contributed by atoms with E-state index in [1.807, 2.05) is 29.1 Å². The fourth-order valence-electron chi connectivity index (χ4n) is 2.92. The molecule has 0 aliphatic heterocycles. The van der Waals surface area contributed by atoms with Gasteiger partial charge in [-0.05, 0) is 61.0 Å². The van der Waals surface area contributed by atoms with E-state index in [9.17, 15) is 9.18 Å². The van der Waals surface area contributed by atoms with Crippen molar-refractivity contribution in [3.05, 3.63) is 96.3 Å². The van der Waals surface area contributed by atoms with Gasteiger partial charge in [0, 0.05) is 24.1 Å². The lowest BCUT2D eigenvalue weighted by molar-refractivity contribution is -0.115. The van der Waals surface area contributed by atoms with Crippen LogP contribution in [0.4, 0.5) is 10.1 Å². The van der Waals surface area contributed by atoms with Crippen LogP contribution in [0, 0.1) is 12.7 Å². The Hall–Kier alpha value is -4.00. The predicted octanol–water partition coefficient (Wildman–Crippen LogP) is 4.69. The quantitative estimate of drug-likeness (QED) is 0.508. The summed E-state index contributed by atoms with van der Waals surface area (Å²) in [4.78, 5) is 20.9. The van der Waals surface area contributed by atoms with Crippen molar-refractivity contribution in [3.63, 3.8) is 0 Å². The molecule has 0 unspecified atom stereocenters. The average molecular weight is 402 g/mol. The number of nitrogens with one attached hydrogen (secondary N) is 1. The molecule has 0 atom stereocenters. The van der Waals surface area contributed by atoms with Crippen LogP contribution < -0.4 is 10.1 Å². The zero-order valence-electron chi connectivity index (χ0n) is 16.2. The Morgan fingerprint density at radius 3 is 2.43 bits per heavy atom. The van der Waals surface area contributed by atoms with Crippen LogP contribution in [0.3, 0.4) is 0 Å². The summed E-state index contributed by atoms with van der Waals surface area (Å²) in [6.45, 7) is 1.81. The van der Waals surface area contributed by atoms with Crippen LogP contribution in [0.1, 0.15) is 11.4 Å². The average Bonchev–Trinajstić information content (AvgIpc) is 3.26. The maximum atomic E-state index is 13.0. The molecule has 6 nitrogen and oxygen atoms in total. The first-order valence-corrected chi connectivity index (χ1v) is 9.36. The van der Waals surface area contributed by atoms with E-state index in [4.69, 9.17) is 4.74 Å². The summed E-state index contributed by atoms with van der Waals surface area (Å²) in [6.07, 6.45) is 3.96. The van der Waals surface area contributed by atoms with Gasteiger partial charge >= 0.3 is 0 Å². The molecule has 2 aromatic carbocycles. The molecule has 0 aliphatic carbocycles. The Balaban J connectivity index is 1.40. The zero-order chi connectivity index (χ0) is 20.9. The second kappa shape index (κ2) is 8.57. The maximum absolute atomic E-state index is 13.0. The number of halogens is 1. The van der Waals surface area contributed by atoms with Crippen LogP contribution in [0.25, 0.3) is 5.82 Å². The van der Waals surface area contributed by atoms with Crippen molar-refractivity contribution < 1.29 is 13.9 Å². The SMILES string of the molecule is Cc1nc(Oc2ccc(NC(=O)Cc3ccc(F)cc3)cc2)cc(-n2cccc2)n1. The second-order valence-electron chi connectivity index (χ2n) is 6.68. The molecule has 2 aromatic heterocycles. The summed E-state index contributed by atoms with van der Waals surface area (Å²) in [6, 6.07) is 18.5. The Kier molecular flexibility index (Phi) is 5.52. The highest BCUT2D eigenvalue weighted by atomic mass is 19.1. The van der Waals surface area contributed by atoms with Crippen LogP contribution in [0.2, 0.25) is 0 Å². The van der Waals surface area contributed by atoms with E-state index in [1.54, 1.807) is 49.4 Å². The van der Waals surface area contributed by atoms with E-state index in [0.29, 0.717) is 29.0 Å². The minimum atomic E-state index is -0.325. The summed E-state index contributed by atoms with van der Waals surface area (Å²) >= 11 is 0. The number of ether oxygens (including phenoxy) is 1. The lowest BCUT2D eigenvalue weighted by Crippen LogP contribution is -2.14. The number of carbonyl (C=O) groups excluding carboxylic acids is 1. The van der Waals surface area contributed by atoms with Gasteiger partial charge in [0.15, 0.2) is 0 Å². The molecule has 0 saturated carbocycles. The number of nitrogens with zero attached hydrogens (tertiary/aromatic N) is 3. The summed E-state index contributed by atoms with van der Waals surface area (Å²) in [5.41, 5.74) is 1.38. The van der Waals surface area contributed by atoms with E-state index >= 15 is 0 Å². The van der Waals surface area contributed by atoms with E-state index in [-0.39, 0.29) is 18.1 Å². The van der Waals surface area contributed by atoms with Gasteiger partial charge in [0.05, 0.1) is 6.42 Å². The van der Waals surface area contributed by atoms with Crippen LogP contribution in [0.15, 0.2) is 79.1 Å². The molecular formula is C23H19FN4O2. The first-order valence-electron chi connectivity index (χ1n) is 9.36. The van der Waals surface area contributed by atoms with Crippen molar-refractivity contribution in [1.82, 2.24) is 14.5 Å². The van der Waals surface area contributed by atoms with Gasteiger partial charge in [0.2, 0.25) is 11.8 Å². The third-order valence-corrected chi connectivity index (χ3v) is 4.31. The number of rotatable bonds is 6. The lowest BCUT2D eigenvalue weighted by atomic mass is 10.1. The normalized spacial score (nSPS) is 10.6. The first kappa shape index (κ1) is 19.3. The molecule has 0 aliphatic rings. The van der Waals surface area contributed by atoms with E-state index < -0.39 is 0 Å². The van der Waals surface area contributed by atoms with Gasteiger partial charge in [-0.25, -0.2) is 9.37 Å². The third kappa shape index (κ3) is 4.88. The van der Waals surface area contributed by atoms with Crippen molar-refractivity contribution in [2.24, 2.45) is 0 Å². The number of amides is 1. The maximum Gasteiger partial charge on any atom is 0.228 e. The summed E-state index contributed by atoms with van der Waals surface area (Å²) in [7, 11) is 0. The molecule has 0 spiro atoms. The fraction of sp³-hybridized carbons (Fsp3) is 0.0870. The number of hydrogen-bond acceptors (Lipinski definition) is 4. The molecule has 0 fully saturated rings. The Morgan fingerprint density at radius 1 is 1.03 bits per heavy atom. The number of carbonyl (C=O) groups is 1. The van der Waals surface area contributed by atoms with Crippen LogP contribution in [-0.2, 0) is 11.2 Å². The van der Waals surface area contributed by atoms with Crippen LogP contribution >= 0.6 is 0 Å². The monoisotopic (exact) mass is 402 g/mol. The molecule has 1 N–H and O–H groups in total. The standard InChI is InChI=1S/C23H19FN4O2/c1-16-25-21(28-12-2-3-13-28)15-23(26-16)30-20-10-8-19(9-11-20)27-22(29)14-17-4-6-18(24)7-5-17/h2-13,15H,14H2,1H3,(H,27,29). The largest absolute Gasteiger partial charge is 0.439 e. The van der Waals surface area contributed by atoms with Crippen molar-refractivity contribution in [3.8, 4) is 17.4 Å². The molecule has 1 amide bonds. The molecule has 30 heavy (non-hydrogen) atoms. The Labute approximate surface area is 173 Å². The summed E-state index contributed by atoms with van der Waals surface area (Å²) in [5, 5.41) is 2.82. The molecule has 150 valence electrons. The summed E-state index contributed by atoms with van der Waals surface area (Å²) in [5.74, 6) is 1.82. The number of anilines is 1. The van der Waals surface area contributed by atoms with Gasteiger partial charge < -0.3 is 14.6 Å². The predicted molar refractivity (Wildman–Crippen MR) is 111 cm³/mol. The minimum absolute atomic E-state index is 0.168. The van der Waals surface area contributed by atoms with Crippen molar-refractivity contribution in [2.45, 2.75) is 13.3 Å². The highest BCUT2D eigenvalue weighted by Gasteiger charge is 2.07. The molecule has 2 heterocycles. The number of benzene rings is 2. The molecular weight excluding hydrogens is 383 g/mol. The van der Waals surface area contributed by atoms with Crippen molar-refractivity contribution in [1.29, 1.82) is 0 Å². The van der Waals surface area contributed by atoms with Gasteiger partial charge in [-0.3, -0.25) is 4.79 Å². The summed E-state index contributed by atoms with van der Waals surface area (Å²) < 4.78 is 20.7. The molecule has 4 aromatic rings. The first-order chi connectivity index (χ1) is 14.5. The topological polar surface area (TPSA) is 69.0 Å². The van der Waals surface area contributed by atoms with E-state index in [2.05, 4.69) is 15.3 Å². The third-order valence-electron chi connectivity index (χ3n) is 4.31. The van der Waals surface area contributed by atoms with Gasteiger partial charge in [-0.2, -0.15) is 4.98 Å². The fourth-order valence-corrected chi connectivity index (χ4v) is 2.92. The number of aromatic nitrogens is 3. The van der Waals surface area contributed by atoms with Crippen LogP contribution in [0.5, 0.6) is 11.6 Å². The lowest BCUT2D eigenvalue weighted by Gasteiger charge is -2.10. The van der Waals surface area contributed by atoms with E-state index in [1.165, 1.54) is 12.1 Å². The minimum Gasteiger partial charge on any atom is -0.439 e. The van der Waals surface area contributed by atoms with Crippen LogP contribution in [-0.4, -0.2) is 20.4 Å². The Bertz CT molecular complexity index is 1140. The number of hydrogen-bond donors (Lipinski definition) is 1. The molecule has 4 rings (SSSR count). The molecule has 7 heteroatoms. The highest BCUT2D eigenvalue weighted by Crippen LogP contribution is 2.23. The highest BCUT2D eigenvalue weighted by molar-refractivity contribution is 5.92. The second-order valence-corrected chi connectivity index (χ2v) is 6.68. The molecule has 0 radical (unpaired) electrons. The van der Waals surface area contributed by atoms with E-state index in [0.717, 1.165) is 5.56 Å². The van der Waals surface area contributed by atoms with Crippen molar-refractivity contribution >= 4 is 11.6 Å². The smallest absolute Gasteiger partial charge is 0.228 e. The van der Waals surface area contributed by atoms with Gasteiger partial charge in [-0.15, -0.1) is 0 Å².